The summed E-state index contributed by atoms with van der Waals surface area (Å²) in [6, 6.07) is 9.56. The van der Waals surface area contributed by atoms with Crippen molar-refractivity contribution in [3.05, 3.63) is 53.1 Å². The van der Waals surface area contributed by atoms with E-state index in [4.69, 9.17) is 21.1 Å². The molecule has 2 aromatic carbocycles. The van der Waals surface area contributed by atoms with E-state index in [0.29, 0.717) is 11.5 Å². The first-order valence-corrected chi connectivity index (χ1v) is 9.30. The van der Waals surface area contributed by atoms with E-state index >= 15 is 0 Å². The van der Waals surface area contributed by atoms with Crippen molar-refractivity contribution in [3.8, 4) is 11.5 Å². The normalized spacial score (nSPS) is 16.3. The highest BCUT2D eigenvalue weighted by Crippen LogP contribution is 2.50. The second kappa shape index (κ2) is 6.22. The maximum atomic E-state index is 12.9. The molecule has 0 fully saturated rings. The Morgan fingerprint density at radius 3 is 2.17 bits per heavy atom. The third kappa shape index (κ3) is 3.62. The standard InChI is InChI=1S/C15H12ClF3NO3P/c16-11-6-5-10(15(17,18)19)7-12(11)20-24(21)8-22-13-3-1-2-4-14(13)23-9-24/h1-7H,8-9H2,(H,20,21). The summed E-state index contributed by atoms with van der Waals surface area (Å²) in [6.45, 7) is 0. The fourth-order valence-electron chi connectivity index (χ4n) is 2.14. The van der Waals surface area contributed by atoms with E-state index in [-0.39, 0.29) is 23.4 Å². The Labute approximate surface area is 141 Å². The number of rotatable bonds is 2. The van der Waals surface area contributed by atoms with Crippen molar-refractivity contribution in [2.75, 3.05) is 17.8 Å². The number of alkyl halides is 3. The summed E-state index contributed by atoms with van der Waals surface area (Å²) in [6.07, 6.45) is -4.98. The van der Waals surface area contributed by atoms with Crippen molar-refractivity contribution >= 4 is 24.6 Å². The van der Waals surface area contributed by atoms with E-state index in [1.807, 2.05) is 0 Å². The smallest absolute Gasteiger partial charge is 0.416 e. The Balaban J connectivity index is 1.85. The molecule has 0 bridgehead atoms. The van der Waals surface area contributed by atoms with E-state index in [9.17, 15) is 17.7 Å². The number of anilines is 1. The first kappa shape index (κ1) is 17.0. The lowest BCUT2D eigenvalue weighted by Gasteiger charge is -2.19. The maximum absolute atomic E-state index is 12.9. The number of para-hydroxylation sites is 2. The quantitative estimate of drug-likeness (QED) is 0.708. The highest BCUT2D eigenvalue weighted by Gasteiger charge is 2.33. The number of halogens is 4. The van der Waals surface area contributed by atoms with Crippen LogP contribution < -0.4 is 14.6 Å². The number of hydrogen-bond donors (Lipinski definition) is 1. The first-order valence-electron chi connectivity index (χ1n) is 6.85. The molecule has 2 aromatic rings. The van der Waals surface area contributed by atoms with Crippen LogP contribution in [0.25, 0.3) is 0 Å². The summed E-state index contributed by atoms with van der Waals surface area (Å²) < 4.78 is 62.3. The molecule has 0 radical (unpaired) electrons. The van der Waals surface area contributed by atoms with Gasteiger partial charge in [0.05, 0.1) is 16.3 Å². The van der Waals surface area contributed by atoms with E-state index in [2.05, 4.69) is 5.09 Å². The molecule has 0 spiro atoms. The zero-order valence-corrected chi connectivity index (χ0v) is 13.8. The van der Waals surface area contributed by atoms with Gasteiger partial charge in [-0.05, 0) is 30.3 Å². The zero-order chi connectivity index (χ0) is 17.4. The summed E-state index contributed by atoms with van der Waals surface area (Å²) in [4.78, 5) is 0. The molecule has 0 aliphatic carbocycles. The van der Waals surface area contributed by atoms with Crippen molar-refractivity contribution in [3.63, 3.8) is 0 Å². The molecule has 0 saturated carbocycles. The average Bonchev–Trinajstić information content (AvgIpc) is 2.69. The third-order valence-electron chi connectivity index (χ3n) is 3.32. The summed E-state index contributed by atoms with van der Waals surface area (Å²) in [7, 11) is -3.31. The Morgan fingerprint density at radius 1 is 1.04 bits per heavy atom. The molecule has 3 rings (SSSR count). The van der Waals surface area contributed by atoms with Gasteiger partial charge in [0.25, 0.3) is 0 Å². The largest absolute Gasteiger partial charge is 0.480 e. The molecular weight excluding hydrogens is 366 g/mol. The highest BCUT2D eigenvalue weighted by atomic mass is 35.5. The third-order valence-corrected chi connectivity index (χ3v) is 5.39. The summed E-state index contributed by atoms with van der Waals surface area (Å²) >= 11 is 5.92. The van der Waals surface area contributed by atoms with Crippen LogP contribution in [0.5, 0.6) is 11.5 Å². The van der Waals surface area contributed by atoms with Crippen molar-refractivity contribution in [2.45, 2.75) is 6.18 Å². The number of benzene rings is 2. The first-order chi connectivity index (χ1) is 11.3. The maximum Gasteiger partial charge on any atom is 0.416 e. The van der Waals surface area contributed by atoms with Gasteiger partial charge in [-0.2, -0.15) is 13.2 Å². The number of ether oxygens (including phenoxy) is 2. The van der Waals surface area contributed by atoms with E-state index < -0.39 is 19.0 Å². The van der Waals surface area contributed by atoms with Crippen LogP contribution in [0, 0.1) is 0 Å². The second-order valence-electron chi connectivity index (χ2n) is 5.19. The second-order valence-corrected chi connectivity index (χ2v) is 8.11. The molecule has 1 aliphatic heterocycles. The lowest BCUT2D eigenvalue weighted by atomic mass is 10.2. The summed E-state index contributed by atoms with van der Waals surface area (Å²) in [5, 5.41) is 2.61. The van der Waals surface area contributed by atoms with Gasteiger partial charge in [0.2, 0.25) is 7.29 Å². The van der Waals surface area contributed by atoms with Crippen LogP contribution in [-0.2, 0) is 10.7 Å². The van der Waals surface area contributed by atoms with Crippen LogP contribution in [0.3, 0.4) is 0 Å². The van der Waals surface area contributed by atoms with E-state index in [1.165, 1.54) is 0 Å². The zero-order valence-electron chi connectivity index (χ0n) is 12.1. The van der Waals surface area contributed by atoms with Crippen LogP contribution in [0.4, 0.5) is 18.9 Å². The molecule has 0 atom stereocenters. The molecule has 1 aliphatic rings. The Hall–Kier alpha value is -1.85. The van der Waals surface area contributed by atoms with E-state index in [0.717, 1.165) is 18.2 Å². The SMILES string of the molecule is O=P1(Nc2cc(C(F)(F)F)ccc2Cl)COc2ccccc2OC1. The van der Waals surface area contributed by atoms with Crippen LogP contribution in [0.2, 0.25) is 5.02 Å². The van der Waals surface area contributed by atoms with Gasteiger partial charge in [0.1, 0.15) is 0 Å². The Bertz CT molecular complexity index is 782. The minimum absolute atomic E-state index is 0.0278. The van der Waals surface area contributed by atoms with Crippen molar-refractivity contribution in [1.82, 2.24) is 0 Å². The van der Waals surface area contributed by atoms with Gasteiger partial charge in [-0.25, -0.2) is 0 Å². The molecule has 1 heterocycles. The lowest BCUT2D eigenvalue weighted by Crippen LogP contribution is -2.11. The van der Waals surface area contributed by atoms with Crippen LogP contribution in [0.1, 0.15) is 5.56 Å². The molecule has 9 heteroatoms. The molecule has 24 heavy (non-hydrogen) atoms. The number of fused-ring (bicyclic) bond motifs is 1. The van der Waals surface area contributed by atoms with Gasteiger partial charge in [0, 0.05) is 0 Å². The van der Waals surface area contributed by atoms with Gasteiger partial charge in [0.15, 0.2) is 24.2 Å². The van der Waals surface area contributed by atoms with Crippen LogP contribution in [-0.4, -0.2) is 12.7 Å². The van der Waals surface area contributed by atoms with Gasteiger partial charge in [-0.1, -0.05) is 23.7 Å². The molecule has 0 unspecified atom stereocenters. The van der Waals surface area contributed by atoms with E-state index in [1.54, 1.807) is 24.3 Å². The van der Waals surface area contributed by atoms with Crippen LogP contribution >= 0.6 is 18.9 Å². The molecule has 0 aromatic heterocycles. The topological polar surface area (TPSA) is 47.6 Å². The summed E-state index contributed by atoms with van der Waals surface area (Å²) in [5.41, 5.74) is -0.964. The van der Waals surface area contributed by atoms with Crippen molar-refractivity contribution in [2.24, 2.45) is 0 Å². The number of hydrogen-bond acceptors (Lipinski definition) is 3. The fraction of sp³-hybridized carbons (Fsp3) is 0.200. The fourth-order valence-corrected chi connectivity index (χ4v) is 3.90. The predicted octanol–water partition coefficient (Wildman–Crippen LogP) is 5.44. The summed E-state index contributed by atoms with van der Waals surface area (Å²) in [5.74, 6) is 0.847. The predicted molar refractivity (Wildman–Crippen MR) is 85.1 cm³/mol. The molecule has 128 valence electrons. The molecular formula is C15H12ClF3NO3P. The van der Waals surface area contributed by atoms with Crippen molar-refractivity contribution in [1.29, 1.82) is 0 Å². The van der Waals surface area contributed by atoms with Gasteiger partial charge < -0.3 is 14.6 Å². The van der Waals surface area contributed by atoms with Crippen molar-refractivity contribution < 1.29 is 27.2 Å². The van der Waals surface area contributed by atoms with Gasteiger partial charge in [-0.3, -0.25) is 4.57 Å². The molecule has 1 N–H and O–H groups in total. The minimum Gasteiger partial charge on any atom is -0.480 e. The monoisotopic (exact) mass is 377 g/mol. The highest BCUT2D eigenvalue weighted by molar-refractivity contribution is 7.65. The molecule has 0 amide bonds. The number of nitrogens with one attached hydrogen (secondary N) is 1. The van der Waals surface area contributed by atoms with Gasteiger partial charge in [-0.15, -0.1) is 0 Å². The van der Waals surface area contributed by atoms with Gasteiger partial charge >= 0.3 is 6.18 Å². The molecule has 0 saturated heterocycles. The molecule has 4 nitrogen and oxygen atoms in total. The van der Waals surface area contributed by atoms with Crippen LogP contribution in [0.15, 0.2) is 42.5 Å². The Morgan fingerprint density at radius 2 is 1.62 bits per heavy atom. The minimum atomic E-state index is -4.53. The average molecular weight is 378 g/mol. The Kier molecular flexibility index (Phi) is 4.40. The lowest BCUT2D eigenvalue weighted by molar-refractivity contribution is -0.137.